The molecule has 3 aromatic rings. The molecule has 0 spiro atoms. The predicted molar refractivity (Wildman–Crippen MR) is 97.1 cm³/mol. The Kier molecular flexibility index (Phi) is 3.99. The van der Waals surface area contributed by atoms with Crippen molar-refractivity contribution in [2.75, 3.05) is 23.5 Å². The number of anilines is 1. The van der Waals surface area contributed by atoms with Gasteiger partial charge in [0.05, 0.1) is 17.3 Å². The van der Waals surface area contributed by atoms with Gasteiger partial charge in [0.1, 0.15) is 6.54 Å². The summed E-state index contributed by atoms with van der Waals surface area (Å²) in [6.45, 7) is 0.0772. The smallest absolute Gasteiger partial charge is 0.245 e. The van der Waals surface area contributed by atoms with Gasteiger partial charge in [-0.15, -0.1) is 23.1 Å². The molecule has 2 aromatic heterocycles. The van der Waals surface area contributed by atoms with Crippen LogP contribution in [0.3, 0.4) is 0 Å². The summed E-state index contributed by atoms with van der Waals surface area (Å²) in [5.74, 6) is 0.819. The summed E-state index contributed by atoms with van der Waals surface area (Å²) in [4.78, 5) is 32.9. The minimum atomic E-state index is -0.217. The first-order valence-corrected chi connectivity index (χ1v) is 9.41. The van der Waals surface area contributed by atoms with E-state index in [2.05, 4.69) is 15.3 Å². The van der Waals surface area contributed by atoms with Gasteiger partial charge in [0.25, 0.3) is 0 Å². The van der Waals surface area contributed by atoms with Gasteiger partial charge in [-0.05, 0) is 6.07 Å². The summed E-state index contributed by atoms with van der Waals surface area (Å²) in [6.07, 6.45) is 1.92. The van der Waals surface area contributed by atoms with Crippen LogP contribution < -0.4 is 5.32 Å². The van der Waals surface area contributed by atoms with Crippen molar-refractivity contribution < 1.29 is 9.59 Å². The highest BCUT2D eigenvalue weighted by Crippen LogP contribution is 2.30. The molecular formula is C16H14N4O2S2. The summed E-state index contributed by atoms with van der Waals surface area (Å²) < 4.78 is 0. The molecule has 0 aliphatic carbocycles. The lowest BCUT2D eigenvalue weighted by atomic mass is 10.1. The second kappa shape index (κ2) is 6.29. The van der Waals surface area contributed by atoms with E-state index in [1.165, 1.54) is 23.1 Å². The van der Waals surface area contributed by atoms with Gasteiger partial charge in [-0.1, -0.05) is 18.2 Å². The van der Waals surface area contributed by atoms with Crippen LogP contribution in [0.5, 0.6) is 0 Å². The highest BCUT2D eigenvalue weighted by molar-refractivity contribution is 8.00. The van der Waals surface area contributed by atoms with E-state index in [4.69, 9.17) is 0 Å². The Labute approximate surface area is 146 Å². The summed E-state index contributed by atoms with van der Waals surface area (Å²) >= 11 is 2.90. The van der Waals surface area contributed by atoms with Crippen molar-refractivity contribution in [3.8, 4) is 11.3 Å². The molecule has 1 fully saturated rings. The van der Waals surface area contributed by atoms with E-state index in [0.29, 0.717) is 16.8 Å². The molecule has 0 unspecified atom stereocenters. The number of para-hydroxylation sites is 1. The number of thiazole rings is 1. The maximum atomic E-state index is 12.1. The molecule has 4 rings (SSSR count). The molecular weight excluding hydrogens is 344 g/mol. The van der Waals surface area contributed by atoms with Gasteiger partial charge in [-0.3, -0.25) is 9.59 Å². The van der Waals surface area contributed by atoms with Crippen LogP contribution in [-0.4, -0.2) is 44.9 Å². The number of hydrogen-bond acceptors (Lipinski definition) is 5. The van der Waals surface area contributed by atoms with Gasteiger partial charge >= 0.3 is 0 Å². The van der Waals surface area contributed by atoms with Crippen molar-refractivity contribution in [2.24, 2.45) is 0 Å². The number of nitrogens with one attached hydrogen (secondary N) is 2. The minimum absolute atomic E-state index is 0.00812. The van der Waals surface area contributed by atoms with Gasteiger partial charge in [-0.25, -0.2) is 4.98 Å². The van der Waals surface area contributed by atoms with Gasteiger partial charge < -0.3 is 15.2 Å². The number of H-pyrrole nitrogens is 1. The Morgan fingerprint density at radius 3 is 3.08 bits per heavy atom. The summed E-state index contributed by atoms with van der Waals surface area (Å²) in [7, 11) is 0. The number of aromatic amines is 1. The highest BCUT2D eigenvalue weighted by Gasteiger charge is 2.23. The Morgan fingerprint density at radius 2 is 2.25 bits per heavy atom. The molecule has 2 N–H and O–H groups in total. The molecule has 3 heterocycles. The molecule has 24 heavy (non-hydrogen) atoms. The largest absolute Gasteiger partial charge is 0.360 e. The van der Waals surface area contributed by atoms with Crippen LogP contribution in [0.1, 0.15) is 0 Å². The Hall–Kier alpha value is -2.32. The summed E-state index contributed by atoms with van der Waals surface area (Å²) in [5.41, 5.74) is 2.88. The number of carbonyl (C=O) groups is 2. The maximum Gasteiger partial charge on any atom is 0.245 e. The molecule has 1 saturated heterocycles. The quantitative estimate of drug-likeness (QED) is 0.752. The number of fused-ring (bicyclic) bond motifs is 1. The number of amides is 2. The fourth-order valence-corrected chi connectivity index (χ4v) is 4.24. The maximum absolute atomic E-state index is 12.1. The van der Waals surface area contributed by atoms with Gasteiger partial charge in [0, 0.05) is 28.0 Å². The van der Waals surface area contributed by atoms with Crippen LogP contribution in [0, 0.1) is 0 Å². The van der Waals surface area contributed by atoms with E-state index >= 15 is 0 Å². The Morgan fingerprint density at radius 1 is 1.38 bits per heavy atom. The van der Waals surface area contributed by atoms with Crippen molar-refractivity contribution in [1.29, 1.82) is 0 Å². The molecule has 2 amide bonds. The Balaban J connectivity index is 1.48. The average molecular weight is 358 g/mol. The molecule has 1 aliphatic heterocycles. The second-order valence-electron chi connectivity index (χ2n) is 5.40. The number of hydrogen-bond donors (Lipinski definition) is 2. The van der Waals surface area contributed by atoms with E-state index in [0.717, 1.165) is 22.2 Å². The number of aromatic nitrogens is 2. The van der Waals surface area contributed by atoms with Crippen LogP contribution in [-0.2, 0) is 9.59 Å². The van der Waals surface area contributed by atoms with Crippen molar-refractivity contribution in [3.05, 3.63) is 35.8 Å². The number of carbonyl (C=O) groups excluding carboxylic acids is 2. The topological polar surface area (TPSA) is 78.1 Å². The van der Waals surface area contributed by atoms with Crippen LogP contribution in [0.4, 0.5) is 5.13 Å². The third kappa shape index (κ3) is 2.90. The molecule has 0 radical (unpaired) electrons. The van der Waals surface area contributed by atoms with Gasteiger partial charge in [-0.2, -0.15) is 0 Å². The first-order chi connectivity index (χ1) is 11.7. The second-order valence-corrected chi connectivity index (χ2v) is 7.22. The molecule has 0 saturated carbocycles. The molecule has 0 atom stereocenters. The zero-order valence-corrected chi connectivity index (χ0v) is 14.2. The number of benzene rings is 1. The summed E-state index contributed by atoms with van der Waals surface area (Å²) in [5, 5.41) is 6.33. The average Bonchev–Trinajstić information content (AvgIpc) is 3.28. The number of rotatable bonds is 4. The van der Waals surface area contributed by atoms with E-state index in [9.17, 15) is 9.59 Å². The molecule has 6 nitrogen and oxygen atoms in total. The van der Waals surface area contributed by atoms with E-state index in [1.807, 2.05) is 35.8 Å². The number of nitrogens with zero attached hydrogens (tertiary/aromatic N) is 2. The molecule has 8 heteroatoms. The molecule has 0 bridgehead atoms. The van der Waals surface area contributed by atoms with Gasteiger partial charge in [0.2, 0.25) is 11.8 Å². The molecule has 1 aliphatic rings. The molecule has 122 valence electrons. The van der Waals surface area contributed by atoms with E-state index in [-0.39, 0.29) is 18.4 Å². The van der Waals surface area contributed by atoms with Crippen LogP contribution >= 0.6 is 23.1 Å². The predicted octanol–water partition coefficient (Wildman–Crippen LogP) is 2.76. The third-order valence-corrected chi connectivity index (χ3v) is 5.48. The van der Waals surface area contributed by atoms with Gasteiger partial charge in [0.15, 0.2) is 5.13 Å². The first kappa shape index (κ1) is 15.2. The van der Waals surface area contributed by atoms with Crippen molar-refractivity contribution in [2.45, 2.75) is 0 Å². The Bertz CT molecular complexity index is 918. The molecule has 1 aromatic carbocycles. The van der Waals surface area contributed by atoms with E-state index in [1.54, 1.807) is 4.90 Å². The fraction of sp³-hybridized carbons (Fsp3) is 0.188. The standard InChI is InChI=1S/C16H14N4O2S2/c21-14(6-20-9-23-8-15(20)22)19-16-18-13(7-24-16)11-5-17-12-4-2-1-3-10(11)12/h1-5,7,17H,6,8-9H2,(H,18,19,21). The highest BCUT2D eigenvalue weighted by atomic mass is 32.2. The van der Waals surface area contributed by atoms with E-state index < -0.39 is 0 Å². The first-order valence-electron chi connectivity index (χ1n) is 7.38. The zero-order valence-electron chi connectivity index (χ0n) is 12.6. The third-order valence-electron chi connectivity index (χ3n) is 3.78. The lowest BCUT2D eigenvalue weighted by Crippen LogP contribution is -2.34. The van der Waals surface area contributed by atoms with Crippen LogP contribution in [0.25, 0.3) is 22.2 Å². The number of thioether (sulfide) groups is 1. The zero-order chi connectivity index (χ0) is 16.5. The lowest BCUT2D eigenvalue weighted by molar-refractivity contribution is -0.130. The minimum Gasteiger partial charge on any atom is -0.360 e. The van der Waals surface area contributed by atoms with Crippen molar-refractivity contribution in [1.82, 2.24) is 14.9 Å². The SMILES string of the molecule is O=C(CN1CSCC1=O)Nc1nc(-c2c[nH]c3ccccc23)cs1. The van der Waals surface area contributed by atoms with Crippen molar-refractivity contribution in [3.63, 3.8) is 0 Å². The monoisotopic (exact) mass is 358 g/mol. The van der Waals surface area contributed by atoms with Crippen LogP contribution in [0.15, 0.2) is 35.8 Å². The fourth-order valence-electron chi connectivity index (χ4n) is 2.61. The van der Waals surface area contributed by atoms with Crippen LogP contribution in [0.2, 0.25) is 0 Å². The van der Waals surface area contributed by atoms with Crippen molar-refractivity contribution >= 4 is 50.9 Å². The lowest BCUT2D eigenvalue weighted by Gasteiger charge is -2.12. The summed E-state index contributed by atoms with van der Waals surface area (Å²) in [6, 6.07) is 8.02. The normalized spacial score (nSPS) is 14.5.